The molecule has 0 spiro atoms. The Morgan fingerprint density at radius 2 is 2.15 bits per heavy atom. The smallest absolute Gasteiger partial charge is 0.306 e. The maximum absolute atomic E-state index is 10.6. The average molecular weight is 184 g/mol. The third-order valence-corrected chi connectivity index (χ3v) is 2.30. The molecule has 76 valence electrons. The molecule has 0 rings (SSSR count). The van der Waals surface area contributed by atoms with Crippen LogP contribution in [0.4, 0.5) is 0 Å². The molecule has 0 aliphatic heterocycles. The zero-order valence-corrected chi connectivity index (χ0v) is 8.46. The van der Waals surface area contributed by atoms with E-state index in [4.69, 9.17) is 5.11 Å². The van der Waals surface area contributed by atoms with Gasteiger partial charge in [-0.1, -0.05) is 25.8 Å². The molecule has 0 saturated heterocycles. The molecule has 0 aliphatic carbocycles. The largest absolute Gasteiger partial charge is 0.481 e. The van der Waals surface area contributed by atoms with E-state index in [0.29, 0.717) is 0 Å². The standard InChI is InChI=1S/C11H20O2/c1-3-5-6-7-8-9-10(4-2)11(12)13/h3,10H,1,4-9H2,2H3,(H,12,13). The van der Waals surface area contributed by atoms with Crippen LogP contribution in [0.5, 0.6) is 0 Å². The number of carboxylic acid groups (broad SMARTS) is 1. The Bertz CT molecular complexity index is 152. The normalized spacial score (nSPS) is 12.4. The maximum Gasteiger partial charge on any atom is 0.306 e. The van der Waals surface area contributed by atoms with Crippen LogP contribution in [0.3, 0.4) is 0 Å². The Morgan fingerprint density at radius 1 is 1.46 bits per heavy atom. The van der Waals surface area contributed by atoms with Crippen molar-refractivity contribution in [1.29, 1.82) is 0 Å². The fourth-order valence-electron chi connectivity index (χ4n) is 1.36. The first kappa shape index (κ1) is 12.2. The van der Waals surface area contributed by atoms with E-state index >= 15 is 0 Å². The minimum absolute atomic E-state index is 0.135. The van der Waals surface area contributed by atoms with Gasteiger partial charge in [0.25, 0.3) is 0 Å². The molecule has 0 aromatic heterocycles. The van der Waals surface area contributed by atoms with Crippen molar-refractivity contribution in [3.05, 3.63) is 12.7 Å². The Morgan fingerprint density at radius 3 is 2.62 bits per heavy atom. The van der Waals surface area contributed by atoms with E-state index in [9.17, 15) is 4.79 Å². The van der Waals surface area contributed by atoms with Crippen molar-refractivity contribution in [1.82, 2.24) is 0 Å². The molecule has 0 aromatic rings. The van der Waals surface area contributed by atoms with Gasteiger partial charge in [0.05, 0.1) is 5.92 Å². The quantitative estimate of drug-likeness (QED) is 0.464. The number of carboxylic acids is 1. The lowest BCUT2D eigenvalue weighted by atomic mass is 9.98. The summed E-state index contributed by atoms with van der Waals surface area (Å²) in [6, 6.07) is 0. The van der Waals surface area contributed by atoms with Gasteiger partial charge in [0.2, 0.25) is 0 Å². The van der Waals surface area contributed by atoms with E-state index in [1.165, 1.54) is 0 Å². The van der Waals surface area contributed by atoms with Crippen LogP contribution in [0.25, 0.3) is 0 Å². The van der Waals surface area contributed by atoms with Crippen LogP contribution in [0.1, 0.15) is 45.4 Å². The van der Waals surface area contributed by atoms with Crippen LogP contribution in [-0.4, -0.2) is 11.1 Å². The van der Waals surface area contributed by atoms with Crippen LogP contribution in [0.15, 0.2) is 12.7 Å². The van der Waals surface area contributed by atoms with Crippen molar-refractivity contribution in [2.75, 3.05) is 0 Å². The van der Waals surface area contributed by atoms with Gasteiger partial charge in [-0.2, -0.15) is 0 Å². The van der Waals surface area contributed by atoms with Gasteiger partial charge in [-0.25, -0.2) is 0 Å². The molecule has 0 saturated carbocycles. The number of carbonyl (C=O) groups is 1. The zero-order chi connectivity index (χ0) is 10.1. The molecule has 1 N–H and O–H groups in total. The van der Waals surface area contributed by atoms with Crippen molar-refractivity contribution in [2.45, 2.75) is 45.4 Å². The third-order valence-electron chi connectivity index (χ3n) is 2.30. The van der Waals surface area contributed by atoms with Gasteiger partial charge in [-0.3, -0.25) is 4.79 Å². The number of allylic oxidation sites excluding steroid dienone is 1. The Kier molecular flexibility index (Phi) is 7.36. The Balaban J connectivity index is 3.38. The highest BCUT2D eigenvalue weighted by molar-refractivity contribution is 5.69. The average Bonchev–Trinajstić information content (AvgIpc) is 2.10. The zero-order valence-electron chi connectivity index (χ0n) is 8.46. The number of hydrogen-bond donors (Lipinski definition) is 1. The summed E-state index contributed by atoms with van der Waals surface area (Å²) in [5.74, 6) is -0.782. The first-order chi connectivity index (χ1) is 6.22. The summed E-state index contributed by atoms with van der Waals surface area (Å²) in [6.07, 6.45) is 7.81. The van der Waals surface area contributed by atoms with Gasteiger partial charge in [0.1, 0.15) is 0 Å². The summed E-state index contributed by atoms with van der Waals surface area (Å²) in [5, 5.41) is 8.76. The van der Waals surface area contributed by atoms with Gasteiger partial charge in [-0.15, -0.1) is 6.58 Å². The van der Waals surface area contributed by atoms with E-state index in [0.717, 1.165) is 38.5 Å². The fraction of sp³-hybridized carbons (Fsp3) is 0.727. The van der Waals surface area contributed by atoms with Crippen LogP contribution in [0.2, 0.25) is 0 Å². The molecule has 0 fully saturated rings. The van der Waals surface area contributed by atoms with E-state index in [2.05, 4.69) is 6.58 Å². The molecule has 0 heterocycles. The molecule has 0 bridgehead atoms. The second-order valence-corrected chi connectivity index (χ2v) is 3.37. The molecule has 2 heteroatoms. The predicted octanol–water partition coefficient (Wildman–Crippen LogP) is 3.23. The molecular weight excluding hydrogens is 164 g/mol. The molecule has 1 atom stereocenters. The third kappa shape index (κ3) is 6.38. The van der Waals surface area contributed by atoms with E-state index in [1.807, 2.05) is 13.0 Å². The molecule has 0 aromatic carbocycles. The number of rotatable bonds is 8. The van der Waals surface area contributed by atoms with Gasteiger partial charge in [0, 0.05) is 0 Å². The summed E-state index contributed by atoms with van der Waals surface area (Å²) in [4.78, 5) is 10.6. The van der Waals surface area contributed by atoms with Crippen LogP contribution >= 0.6 is 0 Å². The van der Waals surface area contributed by atoms with Crippen molar-refractivity contribution < 1.29 is 9.90 Å². The van der Waals surface area contributed by atoms with Crippen molar-refractivity contribution in [3.63, 3.8) is 0 Å². The van der Waals surface area contributed by atoms with Gasteiger partial charge in [0.15, 0.2) is 0 Å². The first-order valence-corrected chi connectivity index (χ1v) is 5.06. The Labute approximate surface area is 80.7 Å². The van der Waals surface area contributed by atoms with Crippen molar-refractivity contribution >= 4 is 5.97 Å². The molecule has 0 amide bonds. The first-order valence-electron chi connectivity index (χ1n) is 5.06. The van der Waals surface area contributed by atoms with E-state index in [-0.39, 0.29) is 5.92 Å². The van der Waals surface area contributed by atoms with Crippen LogP contribution in [-0.2, 0) is 4.79 Å². The number of unbranched alkanes of at least 4 members (excludes halogenated alkanes) is 3. The maximum atomic E-state index is 10.6. The second-order valence-electron chi connectivity index (χ2n) is 3.37. The molecular formula is C11H20O2. The van der Waals surface area contributed by atoms with Crippen molar-refractivity contribution in [3.8, 4) is 0 Å². The molecule has 13 heavy (non-hydrogen) atoms. The van der Waals surface area contributed by atoms with Gasteiger partial charge in [-0.05, 0) is 25.7 Å². The lowest BCUT2D eigenvalue weighted by molar-refractivity contribution is -0.142. The highest BCUT2D eigenvalue weighted by Gasteiger charge is 2.13. The summed E-state index contributed by atoms with van der Waals surface area (Å²) >= 11 is 0. The molecule has 0 aliphatic rings. The summed E-state index contributed by atoms with van der Waals surface area (Å²) in [6.45, 7) is 5.58. The van der Waals surface area contributed by atoms with Gasteiger partial charge >= 0.3 is 5.97 Å². The van der Waals surface area contributed by atoms with Crippen LogP contribution < -0.4 is 0 Å². The van der Waals surface area contributed by atoms with E-state index in [1.54, 1.807) is 0 Å². The highest BCUT2D eigenvalue weighted by atomic mass is 16.4. The fourth-order valence-corrected chi connectivity index (χ4v) is 1.36. The second kappa shape index (κ2) is 7.84. The summed E-state index contributed by atoms with van der Waals surface area (Å²) in [7, 11) is 0. The van der Waals surface area contributed by atoms with E-state index < -0.39 is 5.97 Å². The summed E-state index contributed by atoms with van der Waals surface area (Å²) in [5.41, 5.74) is 0. The van der Waals surface area contributed by atoms with Crippen molar-refractivity contribution in [2.24, 2.45) is 5.92 Å². The lowest BCUT2D eigenvalue weighted by Crippen LogP contribution is -2.12. The van der Waals surface area contributed by atoms with Gasteiger partial charge < -0.3 is 5.11 Å². The Hall–Kier alpha value is -0.790. The number of aliphatic carboxylic acids is 1. The molecule has 1 unspecified atom stereocenters. The molecule has 0 radical (unpaired) electrons. The topological polar surface area (TPSA) is 37.3 Å². The number of hydrogen-bond acceptors (Lipinski definition) is 1. The predicted molar refractivity (Wildman–Crippen MR) is 54.7 cm³/mol. The van der Waals surface area contributed by atoms with Crippen LogP contribution in [0, 0.1) is 5.92 Å². The molecule has 2 nitrogen and oxygen atoms in total. The highest BCUT2D eigenvalue weighted by Crippen LogP contribution is 2.14. The SMILES string of the molecule is C=CCCCCCC(CC)C(=O)O. The minimum Gasteiger partial charge on any atom is -0.481 e. The lowest BCUT2D eigenvalue weighted by Gasteiger charge is -2.08. The minimum atomic E-state index is -0.647. The monoisotopic (exact) mass is 184 g/mol. The summed E-state index contributed by atoms with van der Waals surface area (Å²) < 4.78 is 0.